The summed E-state index contributed by atoms with van der Waals surface area (Å²) in [5, 5.41) is 0. The second-order valence-corrected chi connectivity index (χ2v) is 4.15. The van der Waals surface area contributed by atoms with Crippen LogP contribution in [0.25, 0.3) is 0 Å². The summed E-state index contributed by atoms with van der Waals surface area (Å²) in [6.07, 6.45) is 6.06. The van der Waals surface area contributed by atoms with E-state index < -0.39 is 5.82 Å². The second-order valence-electron chi connectivity index (χ2n) is 4.15. The van der Waals surface area contributed by atoms with Gasteiger partial charge in [-0.15, -0.1) is 0 Å². The molecule has 1 aliphatic rings. The lowest BCUT2D eigenvalue weighted by Crippen LogP contribution is -2.20. The van der Waals surface area contributed by atoms with Crippen molar-refractivity contribution < 1.29 is 13.9 Å². The molecule has 1 aliphatic carbocycles. The van der Waals surface area contributed by atoms with Crippen LogP contribution in [0.3, 0.4) is 0 Å². The topological polar surface area (TPSA) is 26.3 Å². The maximum absolute atomic E-state index is 13.5. The van der Waals surface area contributed by atoms with Crippen LogP contribution in [0, 0.1) is 5.82 Å². The Kier molecular flexibility index (Phi) is 3.54. The van der Waals surface area contributed by atoms with Crippen LogP contribution in [0.1, 0.15) is 42.5 Å². The highest BCUT2D eigenvalue weighted by Crippen LogP contribution is 2.27. The van der Waals surface area contributed by atoms with Crippen molar-refractivity contribution in [3.05, 3.63) is 29.6 Å². The van der Waals surface area contributed by atoms with Gasteiger partial charge in [0, 0.05) is 0 Å². The number of hydrogen-bond donors (Lipinski definition) is 0. The molecule has 2 nitrogen and oxygen atoms in total. The Morgan fingerprint density at radius 1 is 1.25 bits per heavy atom. The van der Waals surface area contributed by atoms with Crippen LogP contribution >= 0.6 is 0 Å². The highest BCUT2D eigenvalue weighted by molar-refractivity contribution is 5.79. The predicted molar refractivity (Wildman–Crippen MR) is 59.3 cm³/mol. The van der Waals surface area contributed by atoms with Gasteiger partial charge in [0.15, 0.2) is 17.9 Å². The summed E-state index contributed by atoms with van der Waals surface area (Å²) >= 11 is 0. The van der Waals surface area contributed by atoms with E-state index in [1.54, 1.807) is 6.07 Å². The molecular weight excluding hydrogens is 207 g/mol. The van der Waals surface area contributed by atoms with Crippen LogP contribution < -0.4 is 4.74 Å². The summed E-state index contributed by atoms with van der Waals surface area (Å²) in [4.78, 5) is 10.8. The number of carbonyl (C=O) groups is 1. The van der Waals surface area contributed by atoms with Crippen molar-refractivity contribution >= 4 is 6.29 Å². The standard InChI is InChI=1S/C13H15FO2/c14-12-8-4-5-10(9-15)13(12)16-11-6-2-1-3-7-11/h4-5,8-9,11H,1-3,6-7H2. The third-order valence-electron chi connectivity index (χ3n) is 2.96. The molecule has 0 N–H and O–H groups in total. The van der Waals surface area contributed by atoms with E-state index in [1.807, 2.05) is 0 Å². The van der Waals surface area contributed by atoms with Gasteiger partial charge >= 0.3 is 0 Å². The maximum Gasteiger partial charge on any atom is 0.165 e. The van der Waals surface area contributed by atoms with E-state index >= 15 is 0 Å². The van der Waals surface area contributed by atoms with E-state index in [-0.39, 0.29) is 11.9 Å². The molecule has 0 aromatic heterocycles. The van der Waals surface area contributed by atoms with Crippen molar-refractivity contribution in [2.24, 2.45) is 0 Å². The van der Waals surface area contributed by atoms with E-state index in [1.165, 1.54) is 18.6 Å². The molecule has 0 amide bonds. The fourth-order valence-electron chi connectivity index (χ4n) is 2.09. The van der Waals surface area contributed by atoms with Crippen molar-refractivity contribution in [2.45, 2.75) is 38.2 Å². The Bertz CT molecular complexity index is 370. The molecule has 1 aromatic rings. The minimum Gasteiger partial charge on any atom is -0.487 e. The Balaban J connectivity index is 2.15. The van der Waals surface area contributed by atoms with Crippen LogP contribution in [0.15, 0.2) is 18.2 Å². The Hall–Kier alpha value is -1.38. The molecule has 1 aromatic carbocycles. The number of carbonyl (C=O) groups excluding carboxylic acids is 1. The lowest BCUT2D eigenvalue weighted by molar-refractivity contribution is 0.110. The fraction of sp³-hybridized carbons (Fsp3) is 0.462. The van der Waals surface area contributed by atoms with Crippen molar-refractivity contribution in [1.82, 2.24) is 0 Å². The maximum atomic E-state index is 13.5. The summed E-state index contributed by atoms with van der Waals surface area (Å²) in [7, 11) is 0. The Morgan fingerprint density at radius 3 is 2.69 bits per heavy atom. The van der Waals surface area contributed by atoms with Crippen LogP contribution in [0.5, 0.6) is 5.75 Å². The first-order valence-electron chi connectivity index (χ1n) is 5.71. The van der Waals surface area contributed by atoms with Crippen LogP contribution in [-0.2, 0) is 0 Å². The molecule has 0 atom stereocenters. The van der Waals surface area contributed by atoms with Crippen molar-refractivity contribution in [1.29, 1.82) is 0 Å². The minimum atomic E-state index is -0.449. The van der Waals surface area contributed by atoms with Crippen LogP contribution in [0.2, 0.25) is 0 Å². The van der Waals surface area contributed by atoms with Gasteiger partial charge in [0.25, 0.3) is 0 Å². The number of hydrogen-bond acceptors (Lipinski definition) is 2. The zero-order chi connectivity index (χ0) is 11.4. The normalized spacial score (nSPS) is 17.1. The molecule has 0 aliphatic heterocycles. The Labute approximate surface area is 94.4 Å². The van der Waals surface area contributed by atoms with E-state index in [0.29, 0.717) is 11.8 Å². The zero-order valence-corrected chi connectivity index (χ0v) is 9.12. The number of benzene rings is 1. The minimum absolute atomic E-state index is 0.0596. The van der Waals surface area contributed by atoms with Gasteiger partial charge < -0.3 is 4.74 Å². The van der Waals surface area contributed by atoms with E-state index in [2.05, 4.69) is 0 Å². The van der Waals surface area contributed by atoms with Gasteiger partial charge in [-0.2, -0.15) is 0 Å². The largest absolute Gasteiger partial charge is 0.487 e. The summed E-state index contributed by atoms with van der Waals surface area (Å²) in [5.41, 5.74) is 0.297. The predicted octanol–water partition coefficient (Wildman–Crippen LogP) is 3.35. The molecule has 0 heterocycles. The third kappa shape index (κ3) is 2.40. The van der Waals surface area contributed by atoms with Crippen molar-refractivity contribution in [3.63, 3.8) is 0 Å². The first kappa shape index (κ1) is 11.1. The SMILES string of the molecule is O=Cc1cccc(F)c1OC1CCCCC1. The van der Waals surface area contributed by atoms with Crippen LogP contribution in [-0.4, -0.2) is 12.4 Å². The molecule has 1 saturated carbocycles. The molecule has 0 bridgehead atoms. The third-order valence-corrected chi connectivity index (χ3v) is 2.96. The Morgan fingerprint density at radius 2 is 2.00 bits per heavy atom. The molecule has 1 fully saturated rings. The van der Waals surface area contributed by atoms with Gasteiger partial charge in [-0.05, 0) is 37.8 Å². The van der Waals surface area contributed by atoms with Gasteiger partial charge in [-0.3, -0.25) is 4.79 Å². The van der Waals surface area contributed by atoms with E-state index in [4.69, 9.17) is 4.74 Å². The first-order valence-corrected chi connectivity index (χ1v) is 5.71. The molecule has 0 unspecified atom stereocenters. The number of rotatable bonds is 3. The molecule has 3 heteroatoms. The summed E-state index contributed by atoms with van der Waals surface area (Å²) in [6.45, 7) is 0. The van der Waals surface area contributed by atoms with E-state index in [9.17, 15) is 9.18 Å². The van der Waals surface area contributed by atoms with Gasteiger partial charge in [0.1, 0.15) is 0 Å². The number of ether oxygens (including phenoxy) is 1. The smallest absolute Gasteiger partial charge is 0.165 e. The molecular formula is C13H15FO2. The summed E-state index contributed by atoms with van der Waals surface area (Å²) in [5.74, 6) is -0.334. The van der Waals surface area contributed by atoms with Gasteiger partial charge in [0.05, 0.1) is 11.7 Å². The summed E-state index contributed by atoms with van der Waals surface area (Å²) < 4.78 is 19.1. The van der Waals surface area contributed by atoms with Crippen molar-refractivity contribution in [2.75, 3.05) is 0 Å². The number of para-hydroxylation sites is 1. The second kappa shape index (κ2) is 5.10. The highest BCUT2D eigenvalue weighted by atomic mass is 19.1. The molecule has 16 heavy (non-hydrogen) atoms. The number of aldehydes is 1. The molecule has 2 rings (SSSR count). The molecule has 0 radical (unpaired) electrons. The van der Waals surface area contributed by atoms with Gasteiger partial charge in [-0.25, -0.2) is 4.39 Å². The highest BCUT2D eigenvalue weighted by Gasteiger charge is 2.18. The zero-order valence-electron chi connectivity index (χ0n) is 9.12. The summed E-state index contributed by atoms with van der Waals surface area (Å²) in [6, 6.07) is 4.42. The van der Waals surface area contributed by atoms with Crippen LogP contribution in [0.4, 0.5) is 4.39 Å². The first-order chi connectivity index (χ1) is 7.81. The molecule has 86 valence electrons. The van der Waals surface area contributed by atoms with E-state index in [0.717, 1.165) is 25.7 Å². The molecule has 0 saturated heterocycles. The quantitative estimate of drug-likeness (QED) is 0.733. The van der Waals surface area contributed by atoms with Crippen molar-refractivity contribution in [3.8, 4) is 5.75 Å². The molecule has 0 spiro atoms. The average Bonchev–Trinajstić information content (AvgIpc) is 2.33. The number of halogens is 1. The lowest BCUT2D eigenvalue weighted by Gasteiger charge is -2.23. The van der Waals surface area contributed by atoms with Gasteiger partial charge in [-0.1, -0.05) is 12.5 Å². The van der Waals surface area contributed by atoms with Gasteiger partial charge in [0.2, 0.25) is 0 Å². The average molecular weight is 222 g/mol. The monoisotopic (exact) mass is 222 g/mol. The lowest BCUT2D eigenvalue weighted by atomic mass is 9.97. The fourth-order valence-corrected chi connectivity index (χ4v) is 2.09.